The smallest absolute Gasteiger partial charge is 0.152 e. The zero-order valence-electron chi connectivity index (χ0n) is 10.5. The van der Waals surface area contributed by atoms with E-state index in [1.54, 1.807) is 0 Å². The van der Waals surface area contributed by atoms with E-state index in [-0.39, 0.29) is 0 Å². The van der Waals surface area contributed by atoms with Crippen LogP contribution in [0.3, 0.4) is 0 Å². The molecule has 98 valence electrons. The molecule has 4 rings (SSSR count). The number of nitrogens with zero attached hydrogens (tertiary/aromatic N) is 1. The molecule has 19 heavy (non-hydrogen) atoms. The van der Waals surface area contributed by atoms with Gasteiger partial charge in [0.1, 0.15) is 0 Å². The first-order chi connectivity index (χ1) is 9.33. The van der Waals surface area contributed by atoms with Gasteiger partial charge in [0.05, 0.1) is 5.69 Å². The summed E-state index contributed by atoms with van der Waals surface area (Å²) in [6.07, 6.45) is 2.11. The molecule has 1 aromatic heterocycles. The van der Waals surface area contributed by atoms with E-state index in [2.05, 4.69) is 55.0 Å². The lowest BCUT2D eigenvalue weighted by Gasteiger charge is -2.11. The van der Waals surface area contributed by atoms with Gasteiger partial charge in [-0.3, -0.25) is 5.10 Å². The fraction of sp³-hybridized carbons (Fsp3) is 0.357. The lowest BCUT2D eigenvalue weighted by atomic mass is 10.1. The monoisotopic (exact) mass is 318 g/mol. The number of aromatic amines is 1. The molecule has 2 heterocycles. The van der Waals surface area contributed by atoms with Gasteiger partial charge in [0.25, 0.3) is 0 Å². The minimum absolute atomic E-state index is 0.500. The Bertz CT molecular complexity index is 628. The highest BCUT2D eigenvalue weighted by Crippen LogP contribution is 2.41. The van der Waals surface area contributed by atoms with Crippen LogP contribution in [-0.4, -0.2) is 29.3 Å². The molecule has 0 saturated carbocycles. The summed E-state index contributed by atoms with van der Waals surface area (Å²) in [6, 6.07) is 6.84. The first-order valence-electron chi connectivity index (χ1n) is 6.65. The Kier molecular flexibility index (Phi) is 2.63. The van der Waals surface area contributed by atoms with Crippen LogP contribution in [0.25, 0.3) is 11.3 Å². The van der Waals surface area contributed by atoms with Crippen molar-refractivity contribution in [3.05, 3.63) is 33.8 Å². The number of hydrogen-bond acceptors (Lipinski definition) is 3. The number of rotatable bonds is 2. The Hall–Kier alpha value is -1.33. The molecule has 2 aromatic rings. The van der Waals surface area contributed by atoms with E-state index >= 15 is 0 Å². The summed E-state index contributed by atoms with van der Waals surface area (Å²) in [5.74, 6) is 1.02. The number of fused-ring (bicyclic) bond motifs is 3. The van der Waals surface area contributed by atoms with Gasteiger partial charge in [-0.05, 0) is 24.6 Å². The Labute approximate surface area is 120 Å². The minimum Gasteiger partial charge on any atom is -0.364 e. The number of benzene rings is 1. The van der Waals surface area contributed by atoms with Crippen molar-refractivity contribution in [1.29, 1.82) is 0 Å². The van der Waals surface area contributed by atoms with Crippen LogP contribution in [0.5, 0.6) is 0 Å². The summed E-state index contributed by atoms with van der Waals surface area (Å²) >= 11 is 3.64. The van der Waals surface area contributed by atoms with Crippen LogP contribution in [0.15, 0.2) is 22.7 Å². The second-order valence-electron chi connectivity index (χ2n) is 5.20. The zero-order chi connectivity index (χ0) is 12.8. The van der Waals surface area contributed by atoms with Gasteiger partial charge in [0.2, 0.25) is 0 Å². The van der Waals surface area contributed by atoms with E-state index in [0.29, 0.717) is 6.04 Å². The summed E-state index contributed by atoms with van der Waals surface area (Å²) in [5.41, 5.74) is 5.10. The number of nitrogens with one attached hydrogen (secondary N) is 3. The van der Waals surface area contributed by atoms with Gasteiger partial charge in [-0.25, -0.2) is 0 Å². The summed E-state index contributed by atoms with van der Waals surface area (Å²) in [4.78, 5) is 0. The highest BCUT2D eigenvalue weighted by atomic mass is 79.9. The van der Waals surface area contributed by atoms with E-state index in [1.165, 1.54) is 26.9 Å². The standard InChI is InChI=1S/C14H15BrN4/c15-12-3-1-2-9-10(12)6-11-13(9)18-19-14(11)17-8-4-5-16-7-8/h1-3,8,16H,4-7H2,(H2,17,18,19). The highest BCUT2D eigenvalue weighted by molar-refractivity contribution is 9.10. The molecule has 3 N–H and O–H groups in total. The van der Waals surface area contributed by atoms with E-state index in [1.807, 2.05) is 0 Å². The van der Waals surface area contributed by atoms with Crippen molar-refractivity contribution >= 4 is 21.7 Å². The molecule has 0 amide bonds. The molecule has 1 aromatic carbocycles. The summed E-state index contributed by atoms with van der Waals surface area (Å²) in [7, 11) is 0. The maximum absolute atomic E-state index is 4.45. The Morgan fingerprint density at radius 2 is 2.26 bits per heavy atom. The molecule has 0 bridgehead atoms. The van der Waals surface area contributed by atoms with Gasteiger partial charge < -0.3 is 10.6 Å². The number of halogens is 1. The molecule has 1 saturated heterocycles. The number of H-pyrrole nitrogens is 1. The third-order valence-corrected chi connectivity index (χ3v) is 4.75. The van der Waals surface area contributed by atoms with E-state index in [0.717, 1.165) is 31.7 Å². The predicted octanol–water partition coefficient (Wildman–Crippen LogP) is 2.52. The molecule has 1 atom stereocenters. The van der Waals surface area contributed by atoms with Crippen LogP contribution in [0.1, 0.15) is 17.5 Å². The van der Waals surface area contributed by atoms with Crippen molar-refractivity contribution in [2.45, 2.75) is 18.9 Å². The van der Waals surface area contributed by atoms with Gasteiger partial charge in [0.15, 0.2) is 5.82 Å². The summed E-state index contributed by atoms with van der Waals surface area (Å²) in [5, 5.41) is 14.6. The Balaban J connectivity index is 1.69. The van der Waals surface area contributed by atoms with Gasteiger partial charge in [0, 0.05) is 34.6 Å². The van der Waals surface area contributed by atoms with Crippen molar-refractivity contribution in [3.63, 3.8) is 0 Å². The fourth-order valence-corrected chi connectivity index (χ4v) is 3.51. The van der Waals surface area contributed by atoms with Crippen molar-refractivity contribution in [3.8, 4) is 11.3 Å². The average molecular weight is 319 g/mol. The summed E-state index contributed by atoms with van der Waals surface area (Å²) in [6.45, 7) is 2.12. The molecule has 4 nitrogen and oxygen atoms in total. The summed E-state index contributed by atoms with van der Waals surface area (Å²) < 4.78 is 1.18. The lowest BCUT2D eigenvalue weighted by Crippen LogP contribution is -2.22. The number of hydrogen-bond donors (Lipinski definition) is 3. The number of anilines is 1. The zero-order valence-corrected chi connectivity index (χ0v) is 12.0. The van der Waals surface area contributed by atoms with Crippen molar-refractivity contribution in [1.82, 2.24) is 15.5 Å². The van der Waals surface area contributed by atoms with Crippen molar-refractivity contribution in [2.24, 2.45) is 0 Å². The molecule has 1 aliphatic carbocycles. The molecule has 5 heteroatoms. The predicted molar refractivity (Wildman–Crippen MR) is 79.4 cm³/mol. The van der Waals surface area contributed by atoms with Crippen molar-refractivity contribution < 1.29 is 0 Å². The molecule has 1 aliphatic heterocycles. The average Bonchev–Trinajstić information content (AvgIpc) is 3.09. The third kappa shape index (κ3) is 1.80. The van der Waals surface area contributed by atoms with Crippen LogP contribution in [0.4, 0.5) is 5.82 Å². The largest absolute Gasteiger partial charge is 0.364 e. The van der Waals surface area contributed by atoms with Crippen LogP contribution in [0.2, 0.25) is 0 Å². The van der Waals surface area contributed by atoms with Crippen LogP contribution < -0.4 is 10.6 Å². The van der Waals surface area contributed by atoms with E-state index < -0.39 is 0 Å². The highest BCUT2D eigenvalue weighted by Gasteiger charge is 2.27. The third-order valence-electron chi connectivity index (χ3n) is 4.01. The Morgan fingerprint density at radius 1 is 1.32 bits per heavy atom. The molecular weight excluding hydrogens is 304 g/mol. The molecular formula is C14H15BrN4. The van der Waals surface area contributed by atoms with Gasteiger partial charge in [-0.15, -0.1) is 0 Å². The fourth-order valence-electron chi connectivity index (χ4n) is 3.00. The Morgan fingerprint density at radius 3 is 3.11 bits per heavy atom. The molecule has 1 fully saturated rings. The van der Waals surface area contributed by atoms with E-state index in [4.69, 9.17) is 0 Å². The van der Waals surface area contributed by atoms with Crippen LogP contribution in [-0.2, 0) is 6.42 Å². The van der Waals surface area contributed by atoms with Gasteiger partial charge >= 0.3 is 0 Å². The minimum atomic E-state index is 0.500. The van der Waals surface area contributed by atoms with Crippen LogP contribution >= 0.6 is 15.9 Å². The normalized spacial score (nSPS) is 20.4. The molecule has 2 aliphatic rings. The maximum atomic E-state index is 4.45. The molecule has 0 spiro atoms. The topological polar surface area (TPSA) is 52.7 Å². The second-order valence-corrected chi connectivity index (χ2v) is 6.06. The quantitative estimate of drug-likeness (QED) is 0.680. The lowest BCUT2D eigenvalue weighted by molar-refractivity contribution is 0.784. The maximum Gasteiger partial charge on any atom is 0.152 e. The molecule has 0 radical (unpaired) electrons. The van der Waals surface area contributed by atoms with Crippen molar-refractivity contribution in [2.75, 3.05) is 18.4 Å². The number of aromatic nitrogens is 2. The van der Waals surface area contributed by atoms with E-state index in [9.17, 15) is 0 Å². The van der Waals surface area contributed by atoms with Gasteiger partial charge in [-0.1, -0.05) is 28.1 Å². The van der Waals surface area contributed by atoms with Gasteiger partial charge in [-0.2, -0.15) is 5.10 Å². The SMILES string of the molecule is Brc1cccc2c1Cc1c(NC3CCNC3)n[nH]c1-2. The second kappa shape index (κ2) is 4.35. The molecule has 1 unspecified atom stereocenters. The van der Waals surface area contributed by atoms with Crippen LogP contribution in [0, 0.1) is 0 Å². The first-order valence-corrected chi connectivity index (χ1v) is 7.44. The first kappa shape index (κ1) is 11.5.